The number of aromatic nitrogens is 1. The highest BCUT2D eigenvalue weighted by Gasteiger charge is 2.34. The number of hydrogen-bond donors (Lipinski definition) is 1. The molecule has 0 aromatic carbocycles. The third-order valence-electron chi connectivity index (χ3n) is 1.77. The van der Waals surface area contributed by atoms with Crippen molar-refractivity contribution in [2.75, 3.05) is 0 Å². The molecule has 0 radical (unpaired) electrons. The SMILES string of the molecule is C=C[C@H](N)c1ccncc1C(F)(F)F. The van der Waals surface area contributed by atoms with Gasteiger partial charge in [0.15, 0.2) is 0 Å². The third kappa shape index (κ3) is 2.11. The zero-order valence-electron chi connectivity index (χ0n) is 7.25. The monoisotopic (exact) mass is 202 g/mol. The maximum absolute atomic E-state index is 12.4. The van der Waals surface area contributed by atoms with Gasteiger partial charge in [0.2, 0.25) is 0 Å². The smallest absolute Gasteiger partial charge is 0.321 e. The second-order valence-electron chi connectivity index (χ2n) is 2.72. The van der Waals surface area contributed by atoms with Gasteiger partial charge in [0.05, 0.1) is 5.56 Å². The minimum atomic E-state index is -4.43. The van der Waals surface area contributed by atoms with Gasteiger partial charge >= 0.3 is 6.18 Å². The molecule has 1 aromatic heterocycles. The predicted octanol–water partition coefficient (Wildman–Crippen LogP) is 2.29. The third-order valence-corrected chi connectivity index (χ3v) is 1.77. The highest BCUT2D eigenvalue weighted by atomic mass is 19.4. The van der Waals surface area contributed by atoms with Crippen molar-refractivity contribution in [1.29, 1.82) is 0 Å². The van der Waals surface area contributed by atoms with Crippen LogP contribution in [0, 0.1) is 0 Å². The molecule has 0 saturated carbocycles. The van der Waals surface area contributed by atoms with Crippen molar-refractivity contribution < 1.29 is 13.2 Å². The Morgan fingerprint density at radius 3 is 2.64 bits per heavy atom. The Balaban J connectivity index is 3.22. The maximum Gasteiger partial charge on any atom is 0.418 e. The van der Waals surface area contributed by atoms with Crippen LogP contribution in [0.5, 0.6) is 0 Å². The molecule has 2 N–H and O–H groups in total. The van der Waals surface area contributed by atoms with Crippen molar-refractivity contribution in [1.82, 2.24) is 4.98 Å². The van der Waals surface area contributed by atoms with Crippen molar-refractivity contribution in [2.24, 2.45) is 5.73 Å². The second kappa shape index (κ2) is 3.79. The highest BCUT2D eigenvalue weighted by Crippen LogP contribution is 2.33. The summed E-state index contributed by atoms with van der Waals surface area (Å²) >= 11 is 0. The van der Waals surface area contributed by atoms with Crippen LogP contribution in [0.15, 0.2) is 31.1 Å². The van der Waals surface area contributed by atoms with Gasteiger partial charge in [-0.3, -0.25) is 4.98 Å². The number of pyridine rings is 1. The molecule has 0 aliphatic rings. The van der Waals surface area contributed by atoms with E-state index in [1.54, 1.807) is 0 Å². The number of halogens is 3. The molecular weight excluding hydrogens is 193 g/mol. The molecule has 76 valence electrons. The molecule has 0 aliphatic carbocycles. The van der Waals surface area contributed by atoms with Crippen LogP contribution in [0.25, 0.3) is 0 Å². The first-order valence-electron chi connectivity index (χ1n) is 3.86. The van der Waals surface area contributed by atoms with Gasteiger partial charge in [-0.25, -0.2) is 0 Å². The molecule has 0 unspecified atom stereocenters. The topological polar surface area (TPSA) is 38.9 Å². The lowest BCUT2D eigenvalue weighted by Gasteiger charge is -2.14. The van der Waals surface area contributed by atoms with Gasteiger partial charge < -0.3 is 5.73 Å². The van der Waals surface area contributed by atoms with Crippen LogP contribution in [0.2, 0.25) is 0 Å². The summed E-state index contributed by atoms with van der Waals surface area (Å²) in [5.41, 5.74) is 4.62. The van der Waals surface area contributed by atoms with Crippen LogP contribution < -0.4 is 5.73 Å². The zero-order chi connectivity index (χ0) is 10.8. The number of hydrogen-bond acceptors (Lipinski definition) is 2. The molecule has 2 nitrogen and oxygen atoms in total. The van der Waals surface area contributed by atoms with Gasteiger partial charge in [-0.05, 0) is 11.6 Å². The fourth-order valence-corrected chi connectivity index (χ4v) is 1.06. The van der Waals surface area contributed by atoms with Crippen molar-refractivity contribution >= 4 is 0 Å². The fourth-order valence-electron chi connectivity index (χ4n) is 1.06. The van der Waals surface area contributed by atoms with E-state index in [2.05, 4.69) is 11.6 Å². The van der Waals surface area contributed by atoms with Crippen LogP contribution >= 0.6 is 0 Å². The van der Waals surface area contributed by atoms with Gasteiger partial charge in [0.1, 0.15) is 0 Å². The summed E-state index contributed by atoms with van der Waals surface area (Å²) in [6.45, 7) is 3.35. The Morgan fingerprint density at radius 1 is 1.50 bits per heavy atom. The van der Waals surface area contributed by atoms with E-state index in [-0.39, 0.29) is 5.56 Å². The fraction of sp³-hybridized carbons (Fsp3) is 0.222. The first-order valence-corrected chi connectivity index (χ1v) is 3.86. The van der Waals surface area contributed by atoms with Crippen LogP contribution in [-0.2, 0) is 6.18 Å². The molecule has 1 rings (SSSR count). The normalized spacial score (nSPS) is 13.7. The Hall–Kier alpha value is -1.36. The number of alkyl halides is 3. The number of nitrogens with two attached hydrogens (primary N) is 1. The number of nitrogens with zero attached hydrogens (tertiary/aromatic N) is 1. The molecule has 5 heteroatoms. The van der Waals surface area contributed by atoms with Gasteiger partial charge in [-0.15, -0.1) is 6.58 Å². The van der Waals surface area contributed by atoms with E-state index in [0.717, 1.165) is 6.20 Å². The van der Waals surface area contributed by atoms with Gasteiger partial charge in [-0.1, -0.05) is 6.08 Å². The van der Waals surface area contributed by atoms with Gasteiger partial charge in [0.25, 0.3) is 0 Å². The second-order valence-corrected chi connectivity index (χ2v) is 2.72. The van der Waals surface area contributed by atoms with Crippen molar-refractivity contribution in [3.8, 4) is 0 Å². The quantitative estimate of drug-likeness (QED) is 0.747. The van der Waals surface area contributed by atoms with Crippen LogP contribution in [-0.4, -0.2) is 4.98 Å². The maximum atomic E-state index is 12.4. The molecule has 0 saturated heterocycles. The zero-order valence-corrected chi connectivity index (χ0v) is 7.25. The van der Waals surface area contributed by atoms with E-state index in [1.165, 1.54) is 18.3 Å². The molecule has 1 atom stereocenters. The lowest BCUT2D eigenvalue weighted by Crippen LogP contribution is -2.16. The Morgan fingerprint density at radius 2 is 2.14 bits per heavy atom. The van der Waals surface area contributed by atoms with E-state index in [0.29, 0.717) is 0 Å². The summed E-state index contributed by atoms with van der Waals surface area (Å²) < 4.78 is 37.2. The lowest BCUT2D eigenvalue weighted by molar-refractivity contribution is -0.138. The van der Waals surface area contributed by atoms with Crippen molar-refractivity contribution in [3.63, 3.8) is 0 Å². The Labute approximate surface area is 79.3 Å². The average molecular weight is 202 g/mol. The summed E-state index contributed by atoms with van der Waals surface area (Å²) in [7, 11) is 0. The van der Waals surface area contributed by atoms with E-state index >= 15 is 0 Å². The molecule has 0 fully saturated rings. The van der Waals surface area contributed by atoms with Crippen molar-refractivity contribution in [2.45, 2.75) is 12.2 Å². The lowest BCUT2D eigenvalue weighted by atomic mass is 10.0. The van der Waals surface area contributed by atoms with Crippen LogP contribution in [0.3, 0.4) is 0 Å². The molecule has 1 aromatic rings. The van der Waals surface area contributed by atoms with Gasteiger partial charge in [-0.2, -0.15) is 13.2 Å². The first-order chi connectivity index (χ1) is 6.46. The van der Waals surface area contributed by atoms with E-state index < -0.39 is 17.8 Å². The predicted molar refractivity (Wildman–Crippen MR) is 46.4 cm³/mol. The largest absolute Gasteiger partial charge is 0.418 e. The number of rotatable bonds is 2. The minimum absolute atomic E-state index is 0.0116. The Bertz CT molecular complexity index is 333. The molecule has 0 amide bonds. The average Bonchev–Trinajstić information content (AvgIpc) is 2.15. The molecule has 0 aliphatic heterocycles. The minimum Gasteiger partial charge on any atom is -0.321 e. The summed E-state index contributed by atoms with van der Waals surface area (Å²) in [4.78, 5) is 3.42. The Kier molecular flexibility index (Phi) is 2.90. The molecule has 0 bridgehead atoms. The van der Waals surface area contributed by atoms with Gasteiger partial charge in [0, 0.05) is 18.4 Å². The molecule has 14 heavy (non-hydrogen) atoms. The standard InChI is InChI=1S/C9H9F3N2/c1-2-8(13)6-3-4-14-5-7(6)9(10,11)12/h2-5,8H,1,13H2/t8-/m0/s1. The summed E-state index contributed by atoms with van der Waals surface area (Å²) in [6.07, 6.45) is -1.14. The van der Waals surface area contributed by atoms with E-state index in [4.69, 9.17) is 5.73 Å². The van der Waals surface area contributed by atoms with Crippen LogP contribution in [0.1, 0.15) is 17.2 Å². The molecule has 0 spiro atoms. The highest BCUT2D eigenvalue weighted by molar-refractivity contribution is 5.31. The summed E-state index contributed by atoms with van der Waals surface area (Å²) in [5.74, 6) is 0. The van der Waals surface area contributed by atoms with E-state index in [1.807, 2.05) is 0 Å². The first kappa shape index (κ1) is 10.7. The van der Waals surface area contributed by atoms with Crippen LogP contribution in [0.4, 0.5) is 13.2 Å². The van der Waals surface area contributed by atoms with Crippen molar-refractivity contribution in [3.05, 3.63) is 42.2 Å². The summed E-state index contributed by atoms with van der Waals surface area (Å²) in [6, 6.07) is 0.421. The summed E-state index contributed by atoms with van der Waals surface area (Å²) in [5, 5.41) is 0. The molecular formula is C9H9F3N2. The molecule has 1 heterocycles. The van der Waals surface area contributed by atoms with E-state index in [9.17, 15) is 13.2 Å².